The van der Waals surface area contributed by atoms with E-state index in [0.29, 0.717) is 0 Å². The lowest BCUT2D eigenvalue weighted by molar-refractivity contribution is 0.505. The zero-order chi connectivity index (χ0) is 11.5. The smallest absolute Gasteiger partial charge is 0.261 e. The first-order valence-corrected chi connectivity index (χ1v) is 5.94. The van der Waals surface area contributed by atoms with Crippen LogP contribution in [-0.4, -0.2) is 31.8 Å². The first kappa shape index (κ1) is 12.1. The molecule has 15 heavy (non-hydrogen) atoms. The van der Waals surface area contributed by atoms with Gasteiger partial charge < -0.3 is 0 Å². The Morgan fingerprint density at radius 3 is 2.53 bits per heavy atom. The van der Waals surface area contributed by atoms with E-state index in [-0.39, 0.29) is 6.54 Å². The molecule has 0 aromatic carbocycles. The summed E-state index contributed by atoms with van der Waals surface area (Å²) in [4.78, 5) is 4.08. The number of hydrogen-bond donors (Lipinski definition) is 1. The Labute approximate surface area is 90.3 Å². The highest BCUT2D eigenvalue weighted by Gasteiger charge is 2.11. The molecule has 0 aliphatic carbocycles. The minimum Gasteiger partial charge on any atom is -0.261 e. The van der Waals surface area contributed by atoms with Crippen molar-refractivity contribution in [2.75, 3.05) is 14.1 Å². The van der Waals surface area contributed by atoms with Gasteiger partial charge in [-0.3, -0.25) is 4.98 Å². The molecule has 0 saturated carbocycles. The number of aromatic nitrogens is 1. The first-order chi connectivity index (χ1) is 6.92. The summed E-state index contributed by atoms with van der Waals surface area (Å²) in [5.41, 5.74) is 1.75. The summed E-state index contributed by atoms with van der Waals surface area (Å²) in [6.45, 7) is 2.14. The Bertz CT molecular complexity index is 411. The van der Waals surface area contributed by atoms with Crippen LogP contribution >= 0.6 is 0 Å². The molecule has 0 radical (unpaired) electrons. The van der Waals surface area contributed by atoms with Gasteiger partial charge in [0.2, 0.25) is 0 Å². The fraction of sp³-hybridized carbons (Fsp3) is 0.444. The van der Waals surface area contributed by atoms with Crippen molar-refractivity contribution in [3.05, 3.63) is 29.6 Å². The molecular formula is C9H15N3O2S. The van der Waals surface area contributed by atoms with Gasteiger partial charge in [-0.2, -0.15) is 17.4 Å². The fourth-order valence-corrected chi connectivity index (χ4v) is 1.51. The Kier molecular flexibility index (Phi) is 3.78. The third-order valence-corrected chi connectivity index (χ3v) is 3.38. The van der Waals surface area contributed by atoms with Crippen molar-refractivity contribution >= 4 is 10.2 Å². The quantitative estimate of drug-likeness (QED) is 0.807. The van der Waals surface area contributed by atoms with Gasteiger partial charge in [0.1, 0.15) is 0 Å². The zero-order valence-corrected chi connectivity index (χ0v) is 9.87. The Morgan fingerprint density at radius 2 is 2.07 bits per heavy atom. The van der Waals surface area contributed by atoms with Crippen LogP contribution in [-0.2, 0) is 16.8 Å². The molecule has 1 heterocycles. The molecule has 0 fully saturated rings. The predicted molar refractivity (Wildman–Crippen MR) is 58.4 cm³/mol. The molecule has 0 bridgehead atoms. The van der Waals surface area contributed by atoms with Crippen LogP contribution in [0.3, 0.4) is 0 Å². The van der Waals surface area contributed by atoms with E-state index in [1.54, 1.807) is 6.20 Å². The van der Waals surface area contributed by atoms with Gasteiger partial charge in [-0.05, 0) is 18.6 Å². The van der Waals surface area contributed by atoms with E-state index in [0.717, 1.165) is 15.6 Å². The summed E-state index contributed by atoms with van der Waals surface area (Å²) in [6.07, 6.45) is 1.66. The molecular weight excluding hydrogens is 214 g/mol. The lowest BCUT2D eigenvalue weighted by Crippen LogP contribution is -2.35. The monoisotopic (exact) mass is 229 g/mol. The highest BCUT2D eigenvalue weighted by atomic mass is 32.2. The van der Waals surface area contributed by atoms with Gasteiger partial charge in [-0.15, -0.1) is 0 Å². The van der Waals surface area contributed by atoms with Crippen LogP contribution in [0.15, 0.2) is 18.3 Å². The lowest BCUT2D eigenvalue weighted by Gasteiger charge is -2.12. The molecule has 0 saturated heterocycles. The number of nitrogens with one attached hydrogen (secondary N) is 1. The number of aryl methyl sites for hydroxylation is 1. The molecule has 0 amide bonds. The summed E-state index contributed by atoms with van der Waals surface area (Å²) in [5.74, 6) is 0. The predicted octanol–water partition coefficient (Wildman–Crippen LogP) is 0.286. The molecule has 0 atom stereocenters. The summed E-state index contributed by atoms with van der Waals surface area (Å²) in [6, 6.07) is 3.69. The average molecular weight is 229 g/mol. The maximum Gasteiger partial charge on any atom is 0.279 e. The molecule has 84 valence electrons. The molecule has 0 aliphatic rings. The van der Waals surface area contributed by atoms with Crippen molar-refractivity contribution in [2.45, 2.75) is 13.5 Å². The number of nitrogens with zero attached hydrogens (tertiary/aromatic N) is 2. The molecule has 6 heteroatoms. The third-order valence-electron chi connectivity index (χ3n) is 1.91. The van der Waals surface area contributed by atoms with Crippen molar-refractivity contribution in [3.63, 3.8) is 0 Å². The molecule has 1 N–H and O–H groups in total. The van der Waals surface area contributed by atoms with Gasteiger partial charge in [0.25, 0.3) is 10.2 Å². The molecule has 1 aromatic rings. The molecule has 0 aliphatic heterocycles. The maximum absolute atomic E-state index is 11.4. The van der Waals surface area contributed by atoms with E-state index in [1.807, 2.05) is 19.1 Å². The van der Waals surface area contributed by atoms with Gasteiger partial charge >= 0.3 is 0 Å². The highest BCUT2D eigenvalue weighted by Crippen LogP contribution is 2.00. The third kappa shape index (κ3) is 3.58. The Balaban J connectivity index is 2.62. The molecule has 5 nitrogen and oxygen atoms in total. The SMILES string of the molecule is Cc1ccc(CNS(=O)(=O)N(C)C)cn1. The second kappa shape index (κ2) is 4.69. The summed E-state index contributed by atoms with van der Waals surface area (Å²) >= 11 is 0. The zero-order valence-electron chi connectivity index (χ0n) is 9.06. The maximum atomic E-state index is 11.4. The summed E-state index contributed by atoms with van der Waals surface area (Å²) in [5, 5.41) is 0. The van der Waals surface area contributed by atoms with Crippen molar-refractivity contribution in [3.8, 4) is 0 Å². The standard InChI is InChI=1S/C9H15N3O2S/c1-8-4-5-9(6-10-8)7-11-15(13,14)12(2)3/h4-6,11H,7H2,1-3H3. The first-order valence-electron chi connectivity index (χ1n) is 4.50. The van der Waals surface area contributed by atoms with Crippen LogP contribution in [0.5, 0.6) is 0 Å². The van der Waals surface area contributed by atoms with E-state index in [4.69, 9.17) is 0 Å². The average Bonchev–Trinajstić information content (AvgIpc) is 2.17. The van der Waals surface area contributed by atoms with E-state index >= 15 is 0 Å². The highest BCUT2D eigenvalue weighted by molar-refractivity contribution is 7.87. The van der Waals surface area contributed by atoms with Crippen LogP contribution in [0.2, 0.25) is 0 Å². The van der Waals surface area contributed by atoms with E-state index in [1.165, 1.54) is 14.1 Å². The Morgan fingerprint density at radius 1 is 1.40 bits per heavy atom. The topological polar surface area (TPSA) is 62.3 Å². The molecule has 1 rings (SSSR count). The van der Waals surface area contributed by atoms with Gasteiger partial charge in [-0.1, -0.05) is 6.07 Å². The molecule has 0 spiro atoms. The number of hydrogen-bond acceptors (Lipinski definition) is 3. The van der Waals surface area contributed by atoms with E-state index in [9.17, 15) is 8.42 Å². The molecule has 1 aromatic heterocycles. The van der Waals surface area contributed by atoms with Crippen molar-refractivity contribution in [2.24, 2.45) is 0 Å². The fourth-order valence-electron chi connectivity index (χ4n) is 0.907. The van der Waals surface area contributed by atoms with Crippen LogP contribution < -0.4 is 4.72 Å². The van der Waals surface area contributed by atoms with Gasteiger partial charge in [0.15, 0.2) is 0 Å². The molecule has 0 unspecified atom stereocenters. The largest absolute Gasteiger partial charge is 0.279 e. The number of rotatable bonds is 4. The summed E-state index contributed by atoms with van der Waals surface area (Å²) < 4.78 is 26.3. The second-order valence-electron chi connectivity index (χ2n) is 3.42. The van der Waals surface area contributed by atoms with Crippen LogP contribution in [0.25, 0.3) is 0 Å². The van der Waals surface area contributed by atoms with Gasteiger partial charge in [0, 0.05) is 32.5 Å². The van der Waals surface area contributed by atoms with E-state index in [2.05, 4.69) is 9.71 Å². The number of pyridine rings is 1. The van der Waals surface area contributed by atoms with Crippen molar-refractivity contribution < 1.29 is 8.42 Å². The van der Waals surface area contributed by atoms with Crippen molar-refractivity contribution in [1.29, 1.82) is 0 Å². The summed E-state index contributed by atoms with van der Waals surface area (Å²) in [7, 11) is -0.387. The van der Waals surface area contributed by atoms with Gasteiger partial charge in [-0.25, -0.2) is 0 Å². The van der Waals surface area contributed by atoms with Crippen LogP contribution in [0, 0.1) is 6.92 Å². The minimum atomic E-state index is -3.35. The Hall–Kier alpha value is -0.980. The second-order valence-corrected chi connectivity index (χ2v) is 5.39. The van der Waals surface area contributed by atoms with Crippen molar-refractivity contribution in [1.82, 2.24) is 14.0 Å². The lowest BCUT2D eigenvalue weighted by atomic mass is 10.2. The van der Waals surface area contributed by atoms with Crippen LogP contribution in [0.1, 0.15) is 11.3 Å². The van der Waals surface area contributed by atoms with E-state index < -0.39 is 10.2 Å². The van der Waals surface area contributed by atoms with Gasteiger partial charge in [0.05, 0.1) is 0 Å². The van der Waals surface area contributed by atoms with Crippen LogP contribution in [0.4, 0.5) is 0 Å². The normalized spacial score (nSPS) is 12.0. The minimum absolute atomic E-state index is 0.258.